The number of aryl methyl sites for hydroxylation is 1. The van der Waals surface area contributed by atoms with Gasteiger partial charge in [0, 0.05) is 44.0 Å². The average molecular weight is 439 g/mol. The SMILES string of the molecule is CCCc1nc2ccc(CSC(=S)N3CCN(c4ccccc4)CC3)cc2c(=O)[nH]1. The first kappa shape index (κ1) is 20.9. The standard InChI is InChI=1S/C23H26N4OS2/c1-2-6-21-24-20-10-9-17(15-19(20)22(28)25-21)16-30-23(29)27-13-11-26(12-14-27)18-7-4-3-5-8-18/h3-5,7-10,15H,2,6,11-14,16H2,1H3,(H,24,25,28). The molecule has 156 valence electrons. The van der Waals surface area contributed by atoms with Gasteiger partial charge in [-0.3, -0.25) is 4.79 Å². The van der Waals surface area contributed by atoms with Crippen molar-refractivity contribution in [2.24, 2.45) is 0 Å². The zero-order chi connectivity index (χ0) is 20.9. The second kappa shape index (κ2) is 9.62. The minimum atomic E-state index is -0.0603. The van der Waals surface area contributed by atoms with E-state index in [2.05, 4.69) is 51.0 Å². The molecule has 0 unspecified atom stereocenters. The van der Waals surface area contributed by atoms with Gasteiger partial charge >= 0.3 is 0 Å². The number of hydrogen-bond donors (Lipinski definition) is 1. The summed E-state index contributed by atoms with van der Waals surface area (Å²) < 4.78 is 0.924. The van der Waals surface area contributed by atoms with Gasteiger partial charge in [-0.1, -0.05) is 55.2 Å². The largest absolute Gasteiger partial charge is 0.368 e. The average Bonchev–Trinajstić information content (AvgIpc) is 2.78. The highest BCUT2D eigenvalue weighted by molar-refractivity contribution is 8.22. The van der Waals surface area contributed by atoms with Crippen LogP contribution in [0.2, 0.25) is 0 Å². The molecule has 2 heterocycles. The molecule has 0 bridgehead atoms. The van der Waals surface area contributed by atoms with Crippen LogP contribution in [-0.2, 0) is 12.2 Å². The second-order valence-electron chi connectivity index (χ2n) is 7.48. The van der Waals surface area contributed by atoms with Crippen LogP contribution in [0.5, 0.6) is 0 Å². The van der Waals surface area contributed by atoms with Gasteiger partial charge in [0.25, 0.3) is 5.56 Å². The lowest BCUT2D eigenvalue weighted by Gasteiger charge is -2.37. The van der Waals surface area contributed by atoms with Crippen molar-refractivity contribution in [3.63, 3.8) is 0 Å². The van der Waals surface area contributed by atoms with Crippen molar-refractivity contribution in [2.45, 2.75) is 25.5 Å². The maximum Gasteiger partial charge on any atom is 0.258 e. The number of thioether (sulfide) groups is 1. The van der Waals surface area contributed by atoms with E-state index in [0.29, 0.717) is 5.39 Å². The molecule has 1 aromatic heterocycles. The Hall–Kier alpha value is -2.38. The van der Waals surface area contributed by atoms with Crippen LogP contribution in [0, 0.1) is 0 Å². The van der Waals surface area contributed by atoms with Gasteiger partial charge in [0.1, 0.15) is 10.1 Å². The highest BCUT2D eigenvalue weighted by Crippen LogP contribution is 2.22. The first-order valence-corrected chi connectivity index (χ1v) is 11.8. The number of nitrogens with zero attached hydrogens (tertiary/aromatic N) is 3. The number of piperazine rings is 1. The van der Waals surface area contributed by atoms with Crippen molar-refractivity contribution in [1.82, 2.24) is 14.9 Å². The first-order chi connectivity index (χ1) is 14.6. The number of hydrogen-bond acceptors (Lipinski definition) is 5. The normalized spacial score (nSPS) is 14.3. The Morgan fingerprint density at radius 3 is 2.63 bits per heavy atom. The number of nitrogens with one attached hydrogen (secondary N) is 1. The van der Waals surface area contributed by atoms with Crippen LogP contribution in [0.25, 0.3) is 10.9 Å². The predicted molar refractivity (Wildman–Crippen MR) is 130 cm³/mol. The third-order valence-electron chi connectivity index (χ3n) is 5.33. The van der Waals surface area contributed by atoms with Crippen molar-refractivity contribution in [1.29, 1.82) is 0 Å². The summed E-state index contributed by atoms with van der Waals surface area (Å²) in [7, 11) is 0. The monoisotopic (exact) mass is 438 g/mol. The lowest BCUT2D eigenvalue weighted by molar-refractivity contribution is 0.397. The van der Waals surface area contributed by atoms with E-state index in [1.54, 1.807) is 11.8 Å². The van der Waals surface area contributed by atoms with Crippen LogP contribution in [0.1, 0.15) is 24.7 Å². The van der Waals surface area contributed by atoms with E-state index in [4.69, 9.17) is 12.2 Å². The van der Waals surface area contributed by atoms with E-state index in [1.165, 1.54) is 5.69 Å². The molecule has 0 spiro atoms. The Bertz CT molecular complexity index is 1080. The van der Waals surface area contributed by atoms with Gasteiger partial charge in [0.15, 0.2) is 0 Å². The predicted octanol–water partition coefficient (Wildman–Crippen LogP) is 4.22. The molecule has 1 saturated heterocycles. The van der Waals surface area contributed by atoms with Gasteiger partial charge in [-0.2, -0.15) is 0 Å². The molecular formula is C23H26N4OS2. The molecule has 0 aliphatic carbocycles. The van der Waals surface area contributed by atoms with Crippen LogP contribution >= 0.6 is 24.0 Å². The van der Waals surface area contributed by atoms with Crippen molar-refractivity contribution in [3.8, 4) is 0 Å². The summed E-state index contributed by atoms with van der Waals surface area (Å²) in [5, 5.41) is 0.648. The molecule has 4 rings (SSSR count). The maximum absolute atomic E-state index is 12.4. The fraction of sp³-hybridized carbons (Fsp3) is 0.348. The summed E-state index contributed by atoms with van der Waals surface area (Å²) in [6.07, 6.45) is 1.74. The van der Waals surface area contributed by atoms with Crippen molar-refractivity contribution in [3.05, 3.63) is 70.3 Å². The van der Waals surface area contributed by atoms with Crippen LogP contribution in [0.3, 0.4) is 0 Å². The van der Waals surface area contributed by atoms with Crippen molar-refractivity contribution in [2.75, 3.05) is 31.1 Å². The first-order valence-electron chi connectivity index (χ1n) is 10.4. The molecule has 30 heavy (non-hydrogen) atoms. The topological polar surface area (TPSA) is 52.2 Å². The number of thiocarbonyl (C=S) groups is 1. The molecule has 0 amide bonds. The Morgan fingerprint density at radius 1 is 1.13 bits per heavy atom. The molecule has 1 aliphatic heterocycles. The third-order valence-corrected chi connectivity index (χ3v) is 6.92. The zero-order valence-corrected chi connectivity index (χ0v) is 18.8. The van der Waals surface area contributed by atoms with E-state index >= 15 is 0 Å². The van der Waals surface area contributed by atoms with Gasteiger partial charge in [-0.15, -0.1) is 0 Å². The van der Waals surface area contributed by atoms with E-state index in [1.807, 2.05) is 24.3 Å². The third kappa shape index (κ3) is 4.84. The Morgan fingerprint density at radius 2 is 1.90 bits per heavy atom. The summed E-state index contributed by atoms with van der Waals surface area (Å²) >= 11 is 7.35. The molecule has 1 aliphatic rings. The van der Waals surface area contributed by atoms with E-state index in [0.717, 1.165) is 66.0 Å². The number of H-pyrrole nitrogens is 1. The zero-order valence-electron chi connectivity index (χ0n) is 17.1. The van der Waals surface area contributed by atoms with Crippen LogP contribution in [0.4, 0.5) is 5.69 Å². The number of rotatable bonds is 5. The summed E-state index contributed by atoms with van der Waals surface area (Å²) in [6, 6.07) is 16.5. The fourth-order valence-electron chi connectivity index (χ4n) is 3.70. The summed E-state index contributed by atoms with van der Waals surface area (Å²) in [5.74, 6) is 1.51. The van der Waals surface area contributed by atoms with Crippen LogP contribution < -0.4 is 10.5 Å². The van der Waals surface area contributed by atoms with Gasteiger partial charge in [-0.05, 0) is 36.2 Å². The van der Waals surface area contributed by atoms with E-state index in [-0.39, 0.29) is 5.56 Å². The van der Waals surface area contributed by atoms with Gasteiger partial charge < -0.3 is 14.8 Å². The molecule has 5 nitrogen and oxygen atoms in total. The van der Waals surface area contributed by atoms with Gasteiger partial charge in [0.2, 0.25) is 0 Å². The quantitative estimate of drug-likeness (QED) is 0.602. The van der Waals surface area contributed by atoms with E-state index < -0.39 is 0 Å². The van der Waals surface area contributed by atoms with Crippen molar-refractivity contribution >= 4 is 44.9 Å². The molecule has 2 aromatic carbocycles. The summed E-state index contributed by atoms with van der Waals surface area (Å²) in [6.45, 7) is 5.89. The van der Waals surface area contributed by atoms with Gasteiger partial charge in [0.05, 0.1) is 10.9 Å². The van der Waals surface area contributed by atoms with E-state index in [9.17, 15) is 4.79 Å². The Kier molecular flexibility index (Phi) is 6.69. The fourth-order valence-corrected chi connectivity index (χ4v) is 4.90. The molecule has 0 saturated carbocycles. The minimum absolute atomic E-state index is 0.0603. The number of aromatic amines is 1. The molecule has 0 atom stereocenters. The lowest BCUT2D eigenvalue weighted by atomic mass is 10.1. The molecule has 3 aromatic rings. The van der Waals surface area contributed by atoms with Crippen molar-refractivity contribution < 1.29 is 0 Å². The lowest BCUT2D eigenvalue weighted by Crippen LogP contribution is -2.47. The Labute approximate surface area is 186 Å². The molecule has 0 radical (unpaired) electrons. The summed E-state index contributed by atoms with van der Waals surface area (Å²) in [4.78, 5) is 24.6. The molecule has 1 N–H and O–H groups in total. The minimum Gasteiger partial charge on any atom is -0.368 e. The molecular weight excluding hydrogens is 412 g/mol. The van der Waals surface area contributed by atoms with Gasteiger partial charge in [-0.25, -0.2) is 4.98 Å². The smallest absolute Gasteiger partial charge is 0.258 e. The maximum atomic E-state index is 12.4. The highest BCUT2D eigenvalue weighted by Gasteiger charge is 2.19. The number of anilines is 1. The van der Waals surface area contributed by atoms with Crippen LogP contribution in [-0.4, -0.2) is 45.4 Å². The van der Waals surface area contributed by atoms with Crippen LogP contribution in [0.15, 0.2) is 53.3 Å². The number of aromatic nitrogens is 2. The highest BCUT2D eigenvalue weighted by atomic mass is 32.2. The number of para-hydroxylation sites is 1. The second-order valence-corrected chi connectivity index (χ2v) is 9.09. The molecule has 1 fully saturated rings. The molecule has 7 heteroatoms. The number of benzene rings is 2. The Balaban J connectivity index is 1.35. The number of fused-ring (bicyclic) bond motifs is 1. The summed E-state index contributed by atoms with van der Waals surface area (Å²) in [5.41, 5.74) is 3.06.